The summed E-state index contributed by atoms with van der Waals surface area (Å²) in [7, 11) is 3.55. The van der Waals surface area contributed by atoms with Crippen LogP contribution in [0.15, 0.2) is 72.8 Å². The Balaban J connectivity index is 1.49. The first-order valence-corrected chi connectivity index (χ1v) is 26.8. The van der Waals surface area contributed by atoms with E-state index in [-0.39, 0.29) is 32.5 Å². The van der Waals surface area contributed by atoms with E-state index in [1.54, 1.807) is 14.2 Å². The van der Waals surface area contributed by atoms with Crippen molar-refractivity contribution in [3.63, 3.8) is 0 Å². The molecule has 0 radical (unpaired) electrons. The van der Waals surface area contributed by atoms with Crippen LogP contribution in [0.4, 0.5) is 0 Å². The molecule has 5 nitrogen and oxygen atoms in total. The van der Waals surface area contributed by atoms with Gasteiger partial charge in [0.1, 0.15) is 34.5 Å². The van der Waals surface area contributed by atoms with E-state index in [1.165, 1.54) is 22.3 Å². The van der Waals surface area contributed by atoms with Crippen molar-refractivity contribution in [2.45, 2.75) is 196 Å². The van der Waals surface area contributed by atoms with Crippen LogP contribution in [-0.4, -0.2) is 24.4 Å². The molecule has 10 bridgehead atoms. The van der Waals surface area contributed by atoms with Crippen LogP contribution in [0.5, 0.6) is 34.5 Å². The fourth-order valence-corrected chi connectivity index (χ4v) is 10.8. The topological polar surface area (TPSA) is 68.2 Å². The molecule has 0 saturated carbocycles. The molecule has 8 rings (SSSR count). The average Bonchev–Trinajstić information content (AvgIpc) is 3.25. The van der Waals surface area contributed by atoms with Crippen molar-refractivity contribution in [3.8, 4) is 34.5 Å². The zero-order valence-corrected chi connectivity index (χ0v) is 48.3. The average molecular weight is 983 g/mol. The van der Waals surface area contributed by atoms with Crippen molar-refractivity contribution < 1.29 is 24.4 Å². The largest absolute Gasteiger partial charge is 0.507 e. The number of hydrogen-bond donors (Lipinski definition) is 2. The Bertz CT molecular complexity index is 2910. The van der Waals surface area contributed by atoms with Crippen molar-refractivity contribution in [1.29, 1.82) is 0 Å². The molecule has 0 fully saturated rings. The summed E-state index contributed by atoms with van der Waals surface area (Å²) >= 11 is 0. The molecule has 0 unspecified atom stereocenters. The van der Waals surface area contributed by atoms with Crippen LogP contribution in [0.2, 0.25) is 0 Å². The summed E-state index contributed by atoms with van der Waals surface area (Å²) in [5, 5.41) is 25.6. The molecule has 0 aliphatic carbocycles. The third-order valence-electron chi connectivity index (χ3n) is 15.6. The molecule has 73 heavy (non-hydrogen) atoms. The third kappa shape index (κ3) is 10.9. The maximum Gasteiger partial charge on any atom is 0.134 e. The van der Waals surface area contributed by atoms with Gasteiger partial charge in [0.25, 0.3) is 0 Å². The lowest BCUT2D eigenvalue weighted by molar-refractivity contribution is 0.399. The first-order valence-electron chi connectivity index (χ1n) is 26.8. The van der Waals surface area contributed by atoms with E-state index < -0.39 is 0 Å². The Morgan fingerprint density at radius 1 is 0.288 bits per heavy atom. The third-order valence-corrected chi connectivity index (χ3v) is 15.6. The van der Waals surface area contributed by atoms with E-state index in [9.17, 15) is 10.2 Å². The van der Waals surface area contributed by atoms with Gasteiger partial charge in [0, 0.05) is 38.5 Å². The maximum atomic E-state index is 12.8. The van der Waals surface area contributed by atoms with Gasteiger partial charge in [-0.2, -0.15) is 0 Å². The lowest BCUT2D eigenvalue weighted by atomic mass is 9.78. The molecule has 2 aliphatic heterocycles. The molecule has 0 atom stereocenters. The van der Waals surface area contributed by atoms with Crippen molar-refractivity contribution in [2.75, 3.05) is 14.2 Å². The van der Waals surface area contributed by atoms with Gasteiger partial charge in [0.15, 0.2) is 0 Å². The van der Waals surface area contributed by atoms with E-state index >= 15 is 0 Å². The second-order valence-electron chi connectivity index (χ2n) is 27.9. The highest BCUT2D eigenvalue weighted by molar-refractivity contribution is 5.63. The lowest BCUT2D eigenvalue weighted by Gasteiger charge is -2.31. The highest BCUT2D eigenvalue weighted by Gasteiger charge is 2.32. The number of phenols is 2. The monoisotopic (exact) mass is 983 g/mol. The fraction of sp³-hybridized carbons (Fsp3) is 0.471. The number of benzene rings is 6. The Morgan fingerprint density at radius 2 is 0.452 bits per heavy atom. The van der Waals surface area contributed by atoms with Crippen LogP contribution in [0, 0.1) is 0 Å². The standard InChI is InChI=1S/C68H86O5/c1-63(2,3)51-27-39-21-43-31-53(65(7,8)9)33-45(59(43)71-19)25-46-34-54(66(10,11)12)32-44(60(46)72-20)22-40-28-52(64(4,5)6)30-42(58(40)70)24-48-36-56(68(16,17)18)38-50-26-49-37-55(67(13,14)15)35-47(61(49)73-62(48)50)23-41(29-51)57(39)69/h27-38,69-70H,21-26H2,1-20H3. The number of methoxy groups -OCH3 is 2. The summed E-state index contributed by atoms with van der Waals surface area (Å²) < 4.78 is 20.5. The number of aromatic hydroxyl groups is 2. The van der Waals surface area contributed by atoms with E-state index in [0.29, 0.717) is 50.0 Å². The first kappa shape index (κ1) is 53.6. The van der Waals surface area contributed by atoms with Crippen molar-refractivity contribution in [3.05, 3.63) is 173 Å². The van der Waals surface area contributed by atoms with E-state index in [1.807, 2.05) is 0 Å². The second-order valence-corrected chi connectivity index (χ2v) is 27.9. The van der Waals surface area contributed by atoms with Crippen LogP contribution in [-0.2, 0) is 71.0 Å². The van der Waals surface area contributed by atoms with Gasteiger partial charge in [-0.25, -0.2) is 0 Å². The van der Waals surface area contributed by atoms with Gasteiger partial charge in [0.2, 0.25) is 0 Å². The molecule has 5 heteroatoms. The predicted molar refractivity (Wildman–Crippen MR) is 304 cm³/mol. The summed E-state index contributed by atoms with van der Waals surface area (Å²) in [6.45, 7) is 40.7. The SMILES string of the molecule is COc1c2cc(C(C)(C)C)cc1Cc1cc(C(C)(C)C)cc(c1OC)Cc1cc(C(C)(C)C)cc(c1O)Cc1cc(C(C)(C)C)cc3c1Oc1c(cc(C(C)(C)C)cc1C3)Cc1cc(C(C)(C)C)cc(c1O)C2. The zero-order chi connectivity index (χ0) is 53.7. The minimum Gasteiger partial charge on any atom is -0.507 e. The molecule has 2 heterocycles. The van der Waals surface area contributed by atoms with Crippen LogP contribution in [0.1, 0.15) is 225 Å². The number of fused-ring (bicyclic) bond motifs is 8. The van der Waals surface area contributed by atoms with Gasteiger partial charge in [-0.15, -0.1) is 0 Å². The number of rotatable bonds is 2. The van der Waals surface area contributed by atoms with E-state index in [0.717, 1.165) is 101 Å². The molecule has 6 aromatic carbocycles. The fourth-order valence-electron chi connectivity index (χ4n) is 10.8. The van der Waals surface area contributed by atoms with E-state index in [4.69, 9.17) is 14.2 Å². The summed E-state index contributed by atoms with van der Waals surface area (Å²) in [6.07, 6.45) is 3.17. The second kappa shape index (κ2) is 18.6. The molecule has 0 saturated heterocycles. The van der Waals surface area contributed by atoms with Crippen molar-refractivity contribution in [1.82, 2.24) is 0 Å². The Labute approximate surface area is 439 Å². The minimum atomic E-state index is -0.200. The van der Waals surface area contributed by atoms with Crippen LogP contribution < -0.4 is 14.2 Å². The van der Waals surface area contributed by atoms with Gasteiger partial charge < -0.3 is 24.4 Å². The minimum absolute atomic E-state index is 0.135. The summed E-state index contributed by atoms with van der Waals surface area (Å²) in [5.74, 6) is 3.94. The van der Waals surface area contributed by atoms with Crippen molar-refractivity contribution in [2.24, 2.45) is 0 Å². The predicted octanol–water partition coefficient (Wildman–Crippen LogP) is 16.9. The van der Waals surface area contributed by atoms with Crippen molar-refractivity contribution >= 4 is 0 Å². The maximum absolute atomic E-state index is 12.8. The Kier molecular flexibility index (Phi) is 13.7. The Hall–Kier alpha value is -5.68. The quantitative estimate of drug-likeness (QED) is 0.181. The van der Waals surface area contributed by atoms with Gasteiger partial charge in [-0.3, -0.25) is 0 Å². The molecule has 0 aromatic heterocycles. The van der Waals surface area contributed by atoms with Gasteiger partial charge in [-0.05, 0) is 133 Å². The van der Waals surface area contributed by atoms with Crippen LogP contribution >= 0.6 is 0 Å². The lowest BCUT2D eigenvalue weighted by Crippen LogP contribution is -2.18. The smallest absolute Gasteiger partial charge is 0.134 e. The molecular weight excluding hydrogens is 897 g/mol. The molecule has 0 amide bonds. The highest BCUT2D eigenvalue weighted by atomic mass is 16.5. The van der Waals surface area contributed by atoms with Gasteiger partial charge >= 0.3 is 0 Å². The highest BCUT2D eigenvalue weighted by Crippen LogP contribution is 2.49. The van der Waals surface area contributed by atoms with Crippen LogP contribution in [0.3, 0.4) is 0 Å². The van der Waals surface area contributed by atoms with Gasteiger partial charge in [0.05, 0.1) is 14.2 Å². The summed E-state index contributed by atoms with van der Waals surface area (Å²) in [6, 6.07) is 27.4. The number of hydrogen-bond acceptors (Lipinski definition) is 5. The molecule has 2 N–H and O–H groups in total. The zero-order valence-electron chi connectivity index (χ0n) is 48.3. The number of phenolic OH excluding ortho intramolecular Hbond substituents is 2. The summed E-state index contributed by atoms with van der Waals surface area (Å²) in [5.41, 5.74) is 18.2. The van der Waals surface area contributed by atoms with E-state index in [2.05, 4.69) is 197 Å². The molecule has 2 aliphatic rings. The van der Waals surface area contributed by atoms with Gasteiger partial charge in [-0.1, -0.05) is 197 Å². The molecular formula is C68H86O5. The first-order chi connectivity index (χ1) is 33.6. The normalized spacial score (nSPS) is 14.5. The molecule has 0 spiro atoms. The summed E-state index contributed by atoms with van der Waals surface area (Å²) in [4.78, 5) is 0. The molecule has 388 valence electrons. The number of ether oxygens (including phenoxy) is 3. The van der Waals surface area contributed by atoms with Crippen LogP contribution in [0.25, 0.3) is 0 Å². The molecule has 6 aromatic rings. The Morgan fingerprint density at radius 3 is 0.658 bits per heavy atom.